The minimum absolute atomic E-state index is 0.000890. The van der Waals surface area contributed by atoms with Gasteiger partial charge in [0.05, 0.1) is 44.0 Å². The number of benzene rings is 6. The van der Waals surface area contributed by atoms with Crippen LogP contribution in [0.4, 0.5) is 0 Å². The molecule has 0 amide bonds. The van der Waals surface area contributed by atoms with E-state index in [0.29, 0.717) is 11.4 Å². The molecule has 2 heteroatoms. The second-order valence-corrected chi connectivity index (χ2v) is 10.7. The van der Waals surface area contributed by atoms with Gasteiger partial charge in [-0.3, -0.25) is 0 Å². The highest BCUT2D eigenvalue weighted by Crippen LogP contribution is 2.50. The van der Waals surface area contributed by atoms with Gasteiger partial charge in [0.25, 0.3) is 0 Å². The second kappa shape index (κ2) is 7.99. The zero-order valence-corrected chi connectivity index (χ0v) is 21.9. The largest absolute Gasteiger partial charge is 0.309 e. The van der Waals surface area contributed by atoms with E-state index in [2.05, 4.69) is 0 Å². The lowest BCUT2D eigenvalue weighted by atomic mass is 9.82. The van der Waals surface area contributed by atoms with Crippen LogP contribution < -0.4 is 0 Å². The first kappa shape index (κ1) is 12.2. The molecule has 0 N–H and O–H groups in total. The Bertz CT molecular complexity index is 2860. The van der Waals surface area contributed by atoms with E-state index in [-0.39, 0.29) is 43.6 Å². The van der Waals surface area contributed by atoms with Crippen molar-refractivity contribution in [3.05, 3.63) is 144 Å². The maximum Gasteiger partial charge on any atom is 0.0645 e. The molecule has 0 fully saturated rings. The molecule has 9 rings (SSSR count). The van der Waals surface area contributed by atoms with Crippen LogP contribution in [0.25, 0.3) is 66.1 Å². The van der Waals surface area contributed by atoms with Crippen molar-refractivity contribution in [2.45, 2.75) is 19.3 Å². The molecule has 0 atom stereocenters. The third kappa shape index (κ3) is 2.97. The predicted molar refractivity (Wildman–Crippen MR) is 173 cm³/mol. The average Bonchev–Trinajstić information content (AvgIpc) is 3.82. The van der Waals surface area contributed by atoms with Gasteiger partial charge in [0.1, 0.15) is 0 Å². The van der Waals surface area contributed by atoms with Crippen molar-refractivity contribution in [1.82, 2.24) is 9.13 Å². The Labute approximate surface area is 261 Å². The van der Waals surface area contributed by atoms with Crippen LogP contribution in [0, 0.1) is 0 Å². The fourth-order valence-electron chi connectivity index (χ4n) is 6.35. The summed E-state index contributed by atoms with van der Waals surface area (Å²) in [5, 5.41) is -0.119. The molecule has 1 aliphatic rings. The van der Waals surface area contributed by atoms with Crippen molar-refractivity contribution in [3.63, 3.8) is 0 Å². The number of nitrogens with zero attached hydrogens (tertiary/aromatic N) is 2. The highest BCUT2D eigenvalue weighted by molar-refractivity contribution is 6.10. The Morgan fingerprint density at radius 1 is 0.463 bits per heavy atom. The molecular formula is C39H28N2. The number of rotatable bonds is 2. The molecule has 2 nitrogen and oxygen atoms in total. The van der Waals surface area contributed by atoms with Crippen molar-refractivity contribution in [1.29, 1.82) is 0 Å². The molecule has 0 saturated heterocycles. The summed E-state index contributed by atoms with van der Waals surface area (Å²) in [5.74, 6) is 0. The molecule has 2 heterocycles. The summed E-state index contributed by atoms with van der Waals surface area (Å²) in [7, 11) is 0. The van der Waals surface area contributed by atoms with Gasteiger partial charge in [-0.15, -0.1) is 0 Å². The number of aromatic nitrogens is 2. The monoisotopic (exact) mass is 540 g/mol. The molecule has 2 aromatic heterocycles. The van der Waals surface area contributed by atoms with E-state index in [9.17, 15) is 0 Å². The zero-order valence-electron chi connectivity index (χ0n) is 37.9. The number of hydrogen-bond donors (Lipinski definition) is 0. The van der Waals surface area contributed by atoms with Gasteiger partial charge in [0.2, 0.25) is 0 Å². The van der Waals surface area contributed by atoms with Crippen LogP contribution in [0.5, 0.6) is 0 Å². The van der Waals surface area contributed by atoms with E-state index in [1.54, 1.807) is 12.1 Å². The number of hydrogen-bond acceptors (Lipinski definition) is 0. The molecule has 0 aliphatic heterocycles. The molecular weight excluding hydrogens is 496 g/mol. The van der Waals surface area contributed by atoms with Crippen LogP contribution in [-0.4, -0.2) is 9.13 Å². The lowest BCUT2D eigenvalue weighted by Gasteiger charge is -2.23. The van der Waals surface area contributed by atoms with Crippen molar-refractivity contribution < 1.29 is 21.9 Å². The summed E-state index contributed by atoms with van der Waals surface area (Å²) >= 11 is 0. The molecule has 8 aromatic rings. The fraction of sp³-hybridized carbons (Fsp3) is 0.0769. The van der Waals surface area contributed by atoms with Gasteiger partial charge in [-0.2, -0.15) is 0 Å². The summed E-state index contributed by atoms with van der Waals surface area (Å²) < 4.78 is 141. The van der Waals surface area contributed by atoms with Gasteiger partial charge in [-0.25, -0.2) is 0 Å². The number of para-hydroxylation sites is 4. The molecule has 1 aliphatic carbocycles. The lowest BCUT2D eigenvalue weighted by molar-refractivity contribution is 0.659. The fourth-order valence-corrected chi connectivity index (χ4v) is 6.35. The van der Waals surface area contributed by atoms with Crippen LogP contribution in [0.3, 0.4) is 0 Å². The third-order valence-corrected chi connectivity index (χ3v) is 8.22. The van der Waals surface area contributed by atoms with Crippen LogP contribution in [0.2, 0.25) is 0 Å². The first-order chi connectivity index (χ1) is 26.7. The summed E-state index contributed by atoms with van der Waals surface area (Å²) in [4.78, 5) is 0. The molecule has 6 aromatic carbocycles. The topological polar surface area (TPSA) is 9.86 Å². The Morgan fingerprint density at radius 3 is 1.12 bits per heavy atom. The van der Waals surface area contributed by atoms with E-state index in [4.69, 9.17) is 21.9 Å². The Balaban J connectivity index is 1.32. The number of fused-ring (bicyclic) bond motifs is 9. The predicted octanol–water partition coefficient (Wildman–Crippen LogP) is 10.2. The van der Waals surface area contributed by atoms with Gasteiger partial charge in [0.15, 0.2) is 0 Å². The van der Waals surface area contributed by atoms with Gasteiger partial charge in [-0.1, -0.05) is 98.5 Å². The standard InChI is InChI=1S/C39H28N2/c1-39(2)33-23-25(40-35-15-7-3-11-29(35)30-12-4-8-16-36(30)40)19-21-27(33)28-22-20-26(24-34(28)39)41-37-17-9-5-13-31(37)32-14-6-10-18-38(32)41/h3-24H,1-2H3/i3D,4D,5D,6D,7D,8D,9D,10D,11D,12D,13D,14D,15D,16D,17D,18D. The highest BCUT2D eigenvalue weighted by atomic mass is 15.0. The summed E-state index contributed by atoms with van der Waals surface area (Å²) in [5.41, 5.74) is 3.13. The van der Waals surface area contributed by atoms with E-state index in [1.165, 1.54) is 9.13 Å². The minimum atomic E-state index is -0.800. The quantitative estimate of drug-likeness (QED) is 0.206. The van der Waals surface area contributed by atoms with E-state index in [0.717, 1.165) is 22.3 Å². The highest BCUT2D eigenvalue weighted by Gasteiger charge is 2.36. The second-order valence-electron chi connectivity index (χ2n) is 10.7. The van der Waals surface area contributed by atoms with Crippen molar-refractivity contribution in [2.75, 3.05) is 0 Å². The van der Waals surface area contributed by atoms with Crippen molar-refractivity contribution in [3.8, 4) is 22.5 Å². The van der Waals surface area contributed by atoms with Gasteiger partial charge in [0, 0.05) is 38.3 Å². The van der Waals surface area contributed by atoms with Gasteiger partial charge >= 0.3 is 0 Å². The van der Waals surface area contributed by atoms with Crippen LogP contribution in [-0.2, 0) is 5.41 Å². The Kier molecular flexibility index (Phi) is 2.38. The third-order valence-electron chi connectivity index (χ3n) is 8.22. The minimum Gasteiger partial charge on any atom is -0.309 e. The smallest absolute Gasteiger partial charge is 0.0645 e. The first-order valence-electron chi connectivity index (χ1n) is 21.1. The Morgan fingerprint density at radius 2 is 0.780 bits per heavy atom. The van der Waals surface area contributed by atoms with Crippen LogP contribution in [0.15, 0.2) is 133 Å². The SMILES string of the molecule is [2H]c1c([2H])c([2H])c2c(c1[2H])c1c([2H])c([2H])c([2H])c([2H])c1n2-c1ccc2c(c1)C(C)(C)c1cc(-n3c4c([2H])c([2H])c([2H])c([2H])c4c4c([2H])c([2H])c([2H])c([2H])c43)ccc1-2. The summed E-state index contributed by atoms with van der Waals surface area (Å²) in [6.45, 7) is 3.92. The van der Waals surface area contributed by atoms with Gasteiger partial charge in [-0.05, 0) is 70.7 Å². The van der Waals surface area contributed by atoms with E-state index < -0.39 is 102 Å². The van der Waals surface area contributed by atoms with Crippen LogP contribution in [0.1, 0.15) is 46.9 Å². The van der Waals surface area contributed by atoms with E-state index >= 15 is 0 Å². The first-order valence-corrected chi connectivity index (χ1v) is 13.1. The van der Waals surface area contributed by atoms with Gasteiger partial charge < -0.3 is 9.13 Å². The maximum atomic E-state index is 8.92. The molecule has 0 unspecified atom stereocenters. The Hall–Kier alpha value is -5.08. The average molecular weight is 541 g/mol. The van der Waals surface area contributed by atoms with E-state index in [1.807, 2.05) is 38.1 Å². The maximum absolute atomic E-state index is 8.92. The molecule has 41 heavy (non-hydrogen) atoms. The van der Waals surface area contributed by atoms with Crippen LogP contribution >= 0.6 is 0 Å². The lowest BCUT2D eigenvalue weighted by Crippen LogP contribution is -2.16. The molecule has 194 valence electrons. The zero-order chi connectivity index (χ0) is 41.2. The normalized spacial score (nSPS) is 19.3. The summed E-state index contributed by atoms with van der Waals surface area (Å²) in [6, 6.07) is 3.19. The molecule has 0 radical (unpaired) electrons. The van der Waals surface area contributed by atoms with Crippen molar-refractivity contribution >= 4 is 43.6 Å². The molecule has 0 saturated carbocycles. The van der Waals surface area contributed by atoms with Crippen molar-refractivity contribution in [2.24, 2.45) is 0 Å². The molecule has 0 bridgehead atoms. The molecule has 0 spiro atoms. The summed E-state index contributed by atoms with van der Waals surface area (Å²) in [6.07, 6.45) is 0.